The molecule has 0 unspecified atom stereocenters. The highest BCUT2D eigenvalue weighted by atomic mass is 16.2. The number of rotatable bonds is 5. The number of benzene rings is 2. The maximum absolute atomic E-state index is 12.9. The summed E-state index contributed by atoms with van der Waals surface area (Å²) in [5.74, 6) is 0.483. The zero-order chi connectivity index (χ0) is 21.1. The van der Waals surface area contributed by atoms with E-state index in [0.29, 0.717) is 23.6 Å². The fourth-order valence-electron chi connectivity index (χ4n) is 4.09. The van der Waals surface area contributed by atoms with E-state index < -0.39 is 0 Å². The van der Waals surface area contributed by atoms with Gasteiger partial charge in [-0.25, -0.2) is 0 Å². The lowest BCUT2D eigenvalue weighted by Crippen LogP contribution is -2.37. The highest BCUT2D eigenvalue weighted by Crippen LogP contribution is 2.30. The zero-order valence-corrected chi connectivity index (χ0v) is 17.3. The number of piperidine rings is 1. The standard InChI is InChI=1S/C24H26N4O2/c1-17-3-4-21(13-23(17)25-16-29)24(30)28-11-9-20(10-12-28)18-5-7-19(8-6-18)22-14-26-27(2)15-22/h3-8,13-16,20H,9-12H2,1-2H3,(H,25,29). The second kappa shape index (κ2) is 8.53. The Morgan fingerprint density at radius 2 is 1.83 bits per heavy atom. The van der Waals surface area contributed by atoms with Crippen LogP contribution in [-0.4, -0.2) is 40.1 Å². The van der Waals surface area contributed by atoms with Crippen molar-refractivity contribution in [1.82, 2.24) is 14.7 Å². The molecule has 154 valence electrons. The highest BCUT2D eigenvalue weighted by molar-refractivity contribution is 5.96. The van der Waals surface area contributed by atoms with Gasteiger partial charge in [0.25, 0.3) is 5.91 Å². The van der Waals surface area contributed by atoms with E-state index >= 15 is 0 Å². The van der Waals surface area contributed by atoms with Crippen LogP contribution in [0.15, 0.2) is 54.9 Å². The average molecular weight is 402 g/mol. The first kappa shape index (κ1) is 19.9. The minimum Gasteiger partial charge on any atom is -0.339 e. The Kier molecular flexibility index (Phi) is 5.65. The van der Waals surface area contributed by atoms with Crippen molar-refractivity contribution in [3.05, 3.63) is 71.5 Å². The van der Waals surface area contributed by atoms with Crippen molar-refractivity contribution in [2.75, 3.05) is 18.4 Å². The molecule has 1 aliphatic rings. The minimum atomic E-state index is 0.0225. The van der Waals surface area contributed by atoms with E-state index in [9.17, 15) is 9.59 Å². The van der Waals surface area contributed by atoms with E-state index in [4.69, 9.17) is 0 Å². The van der Waals surface area contributed by atoms with Crippen LogP contribution < -0.4 is 5.32 Å². The molecule has 0 saturated carbocycles. The monoisotopic (exact) mass is 402 g/mol. The van der Waals surface area contributed by atoms with Gasteiger partial charge in [-0.3, -0.25) is 14.3 Å². The minimum absolute atomic E-state index is 0.0225. The summed E-state index contributed by atoms with van der Waals surface area (Å²) in [5.41, 5.74) is 5.84. The molecule has 30 heavy (non-hydrogen) atoms. The highest BCUT2D eigenvalue weighted by Gasteiger charge is 2.25. The van der Waals surface area contributed by atoms with Crippen molar-refractivity contribution in [3.8, 4) is 11.1 Å². The van der Waals surface area contributed by atoms with Crippen LogP contribution in [-0.2, 0) is 11.8 Å². The maximum atomic E-state index is 12.9. The molecule has 1 fully saturated rings. The number of carbonyl (C=O) groups is 2. The van der Waals surface area contributed by atoms with Gasteiger partial charge in [-0.1, -0.05) is 30.3 Å². The number of anilines is 1. The number of carbonyl (C=O) groups excluding carboxylic acids is 2. The number of aryl methyl sites for hydroxylation is 2. The van der Waals surface area contributed by atoms with Gasteiger partial charge >= 0.3 is 0 Å². The van der Waals surface area contributed by atoms with Gasteiger partial charge in [-0.2, -0.15) is 5.10 Å². The summed E-state index contributed by atoms with van der Waals surface area (Å²) in [6, 6.07) is 14.2. The van der Waals surface area contributed by atoms with Crippen LogP contribution in [0.2, 0.25) is 0 Å². The summed E-state index contributed by atoms with van der Waals surface area (Å²) < 4.78 is 1.81. The summed E-state index contributed by atoms with van der Waals surface area (Å²) in [4.78, 5) is 25.6. The normalized spacial score (nSPS) is 14.5. The average Bonchev–Trinajstić information content (AvgIpc) is 3.21. The summed E-state index contributed by atoms with van der Waals surface area (Å²) >= 11 is 0. The van der Waals surface area contributed by atoms with Crippen molar-refractivity contribution in [2.45, 2.75) is 25.7 Å². The molecule has 1 aliphatic heterocycles. The third kappa shape index (κ3) is 4.13. The van der Waals surface area contributed by atoms with Gasteiger partial charge in [-0.15, -0.1) is 0 Å². The van der Waals surface area contributed by atoms with Gasteiger partial charge in [-0.05, 0) is 54.5 Å². The molecule has 4 rings (SSSR count). The lowest BCUT2D eigenvalue weighted by Gasteiger charge is -2.32. The maximum Gasteiger partial charge on any atom is 0.253 e. The Morgan fingerprint density at radius 1 is 1.10 bits per heavy atom. The molecule has 2 heterocycles. The molecule has 2 aromatic carbocycles. The molecule has 0 spiro atoms. The molecule has 0 atom stereocenters. The predicted molar refractivity (Wildman–Crippen MR) is 117 cm³/mol. The van der Waals surface area contributed by atoms with Crippen LogP contribution >= 0.6 is 0 Å². The molecule has 2 amide bonds. The van der Waals surface area contributed by atoms with Crippen molar-refractivity contribution in [1.29, 1.82) is 0 Å². The molecule has 1 N–H and O–H groups in total. The van der Waals surface area contributed by atoms with Crippen molar-refractivity contribution in [2.24, 2.45) is 7.05 Å². The number of aromatic nitrogens is 2. The third-order valence-corrected chi connectivity index (χ3v) is 5.90. The van der Waals surface area contributed by atoms with E-state index in [1.807, 2.05) is 48.1 Å². The summed E-state index contributed by atoms with van der Waals surface area (Å²) in [6.07, 6.45) is 6.43. The smallest absolute Gasteiger partial charge is 0.253 e. The van der Waals surface area contributed by atoms with E-state index in [-0.39, 0.29) is 5.91 Å². The number of amides is 2. The predicted octanol–water partition coefficient (Wildman–Crippen LogP) is 3.98. The van der Waals surface area contributed by atoms with Crippen LogP contribution in [0.4, 0.5) is 5.69 Å². The Bertz CT molecular complexity index is 1050. The van der Waals surface area contributed by atoms with Gasteiger partial charge < -0.3 is 10.2 Å². The van der Waals surface area contributed by atoms with E-state index in [2.05, 4.69) is 34.7 Å². The van der Waals surface area contributed by atoms with Crippen LogP contribution in [0.1, 0.15) is 40.2 Å². The lowest BCUT2D eigenvalue weighted by atomic mass is 9.88. The molecule has 6 heteroatoms. The third-order valence-electron chi connectivity index (χ3n) is 5.90. The summed E-state index contributed by atoms with van der Waals surface area (Å²) in [6.45, 7) is 3.38. The molecule has 3 aromatic rings. The Hall–Kier alpha value is -3.41. The first-order valence-electron chi connectivity index (χ1n) is 10.2. The number of nitrogens with one attached hydrogen (secondary N) is 1. The Balaban J connectivity index is 1.39. The number of nitrogens with zero attached hydrogens (tertiary/aromatic N) is 3. The first-order chi connectivity index (χ1) is 14.5. The van der Waals surface area contributed by atoms with Crippen LogP contribution in [0.3, 0.4) is 0 Å². The zero-order valence-electron chi connectivity index (χ0n) is 17.3. The van der Waals surface area contributed by atoms with E-state index in [0.717, 1.165) is 37.1 Å². The van der Waals surface area contributed by atoms with Crippen LogP contribution in [0.5, 0.6) is 0 Å². The van der Waals surface area contributed by atoms with Crippen molar-refractivity contribution in [3.63, 3.8) is 0 Å². The topological polar surface area (TPSA) is 67.2 Å². The molecule has 0 bridgehead atoms. The molecular formula is C24H26N4O2. The Morgan fingerprint density at radius 3 is 2.47 bits per heavy atom. The lowest BCUT2D eigenvalue weighted by molar-refractivity contribution is -0.105. The van der Waals surface area contributed by atoms with Gasteiger partial charge in [0, 0.05) is 43.1 Å². The van der Waals surface area contributed by atoms with Crippen molar-refractivity contribution >= 4 is 18.0 Å². The summed E-state index contributed by atoms with van der Waals surface area (Å²) in [5, 5.41) is 6.90. The second-order valence-corrected chi connectivity index (χ2v) is 7.88. The second-order valence-electron chi connectivity index (χ2n) is 7.88. The summed E-state index contributed by atoms with van der Waals surface area (Å²) in [7, 11) is 1.92. The quantitative estimate of drug-likeness (QED) is 0.657. The molecular weight excluding hydrogens is 376 g/mol. The van der Waals surface area contributed by atoms with Gasteiger partial charge in [0.05, 0.1) is 6.20 Å². The fourth-order valence-corrected chi connectivity index (χ4v) is 4.09. The van der Waals surface area contributed by atoms with Crippen LogP contribution in [0.25, 0.3) is 11.1 Å². The van der Waals surface area contributed by atoms with E-state index in [1.165, 1.54) is 11.1 Å². The van der Waals surface area contributed by atoms with Gasteiger partial charge in [0.1, 0.15) is 0 Å². The SMILES string of the molecule is Cc1ccc(C(=O)N2CCC(c3ccc(-c4cnn(C)c4)cc3)CC2)cc1NC=O. The van der Waals surface area contributed by atoms with E-state index in [1.54, 1.807) is 6.07 Å². The number of hydrogen-bond donors (Lipinski definition) is 1. The van der Waals surface area contributed by atoms with Gasteiger partial charge in [0.2, 0.25) is 6.41 Å². The van der Waals surface area contributed by atoms with Crippen LogP contribution in [0, 0.1) is 6.92 Å². The number of hydrogen-bond acceptors (Lipinski definition) is 3. The van der Waals surface area contributed by atoms with Gasteiger partial charge in [0.15, 0.2) is 0 Å². The molecule has 6 nitrogen and oxygen atoms in total. The largest absolute Gasteiger partial charge is 0.339 e. The number of likely N-dealkylation sites (tertiary alicyclic amines) is 1. The Labute approximate surface area is 176 Å². The fraction of sp³-hybridized carbons (Fsp3) is 0.292. The molecule has 1 aromatic heterocycles. The molecule has 1 saturated heterocycles. The molecule has 0 radical (unpaired) electrons. The molecule has 0 aliphatic carbocycles. The first-order valence-corrected chi connectivity index (χ1v) is 10.2. The van der Waals surface area contributed by atoms with Crippen molar-refractivity contribution < 1.29 is 9.59 Å².